The quantitative estimate of drug-likeness (QED) is 0.393. The van der Waals surface area contributed by atoms with Gasteiger partial charge in [-0.15, -0.1) is 11.3 Å². The minimum Gasteiger partial charge on any atom is -0.494 e. The number of thiazole rings is 1. The Hall–Kier alpha value is -2.64. The number of ether oxygens (including phenoxy) is 1. The van der Waals surface area contributed by atoms with Gasteiger partial charge in [-0.1, -0.05) is 44.0 Å². The predicted octanol–water partition coefficient (Wildman–Crippen LogP) is 5.93. The summed E-state index contributed by atoms with van der Waals surface area (Å²) in [4.78, 5) is 4.56. The van der Waals surface area contributed by atoms with Crippen LogP contribution in [0.2, 0.25) is 0 Å². The highest BCUT2D eigenvalue weighted by molar-refractivity contribution is 7.19. The molecule has 126 valence electrons. The van der Waals surface area contributed by atoms with Crippen molar-refractivity contribution in [2.75, 3.05) is 6.61 Å². The first kappa shape index (κ1) is 17.2. The van der Waals surface area contributed by atoms with Crippen LogP contribution >= 0.6 is 11.3 Å². The van der Waals surface area contributed by atoms with Gasteiger partial charge in [-0.2, -0.15) is 5.26 Å². The molecule has 0 amide bonds. The van der Waals surface area contributed by atoms with Crippen LogP contribution in [0.5, 0.6) is 5.75 Å². The highest BCUT2D eigenvalue weighted by Gasteiger charge is 2.08. The van der Waals surface area contributed by atoms with Crippen LogP contribution in [0.1, 0.15) is 36.8 Å². The Kier molecular flexibility index (Phi) is 5.81. The Balaban J connectivity index is 1.74. The highest BCUT2D eigenvalue weighted by Crippen LogP contribution is 2.28. The van der Waals surface area contributed by atoms with Crippen LogP contribution in [-0.4, -0.2) is 11.6 Å². The second-order valence-electron chi connectivity index (χ2n) is 5.78. The lowest BCUT2D eigenvalue weighted by Crippen LogP contribution is -1.96. The average molecular weight is 348 g/mol. The van der Waals surface area contributed by atoms with Gasteiger partial charge in [0.05, 0.1) is 22.4 Å². The number of nitriles is 1. The Morgan fingerprint density at radius 1 is 1.16 bits per heavy atom. The van der Waals surface area contributed by atoms with Gasteiger partial charge in [0.2, 0.25) is 0 Å². The summed E-state index contributed by atoms with van der Waals surface area (Å²) in [5.41, 5.74) is 2.48. The maximum Gasteiger partial charge on any atom is 0.135 e. The third-order valence-corrected chi connectivity index (χ3v) is 4.92. The molecule has 3 nitrogen and oxygen atoms in total. The first-order valence-corrected chi connectivity index (χ1v) is 9.32. The first-order chi connectivity index (χ1) is 12.3. The predicted molar refractivity (Wildman–Crippen MR) is 105 cm³/mol. The van der Waals surface area contributed by atoms with Crippen molar-refractivity contribution in [1.82, 2.24) is 4.98 Å². The van der Waals surface area contributed by atoms with Gasteiger partial charge < -0.3 is 4.74 Å². The van der Waals surface area contributed by atoms with Crippen molar-refractivity contribution in [3.63, 3.8) is 0 Å². The molecule has 0 aliphatic heterocycles. The molecule has 0 unspecified atom stereocenters. The number of allylic oxidation sites excluding steroid dienone is 1. The maximum absolute atomic E-state index is 9.51. The van der Waals surface area contributed by atoms with Gasteiger partial charge >= 0.3 is 0 Å². The molecule has 0 fully saturated rings. The summed E-state index contributed by atoms with van der Waals surface area (Å²) in [6.45, 7) is 2.93. The van der Waals surface area contributed by atoms with Crippen molar-refractivity contribution in [2.24, 2.45) is 0 Å². The molecule has 0 spiro atoms. The molecule has 0 aliphatic carbocycles. The minimum absolute atomic E-state index is 0.581. The van der Waals surface area contributed by atoms with Crippen LogP contribution in [0.3, 0.4) is 0 Å². The number of hydrogen-bond donors (Lipinski definition) is 0. The molecule has 0 bridgehead atoms. The Morgan fingerprint density at radius 2 is 1.96 bits per heavy atom. The van der Waals surface area contributed by atoms with E-state index in [-0.39, 0.29) is 0 Å². The van der Waals surface area contributed by atoms with Crippen LogP contribution in [0.4, 0.5) is 0 Å². The van der Waals surface area contributed by atoms with E-state index in [1.807, 2.05) is 54.6 Å². The van der Waals surface area contributed by atoms with E-state index in [9.17, 15) is 5.26 Å². The molecule has 4 heteroatoms. The summed E-state index contributed by atoms with van der Waals surface area (Å²) in [7, 11) is 0. The summed E-state index contributed by atoms with van der Waals surface area (Å²) < 4.78 is 6.82. The minimum atomic E-state index is 0.581. The topological polar surface area (TPSA) is 45.9 Å². The normalized spacial score (nSPS) is 11.4. The van der Waals surface area contributed by atoms with Crippen LogP contribution in [0.25, 0.3) is 21.9 Å². The van der Waals surface area contributed by atoms with Crippen LogP contribution in [-0.2, 0) is 0 Å². The first-order valence-electron chi connectivity index (χ1n) is 8.51. The molecular formula is C21H20N2OS. The number of rotatable bonds is 7. The largest absolute Gasteiger partial charge is 0.494 e. The van der Waals surface area contributed by atoms with Crippen molar-refractivity contribution in [3.05, 3.63) is 59.1 Å². The number of fused-ring (bicyclic) bond motifs is 1. The van der Waals surface area contributed by atoms with Gasteiger partial charge in [-0.3, -0.25) is 0 Å². The number of hydrogen-bond acceptors (Lipinski definition) is 4. The summed E-state index contributed by atoms with van der Waals surface area (Å²) in [6.07, 6.45) is 5.33. The Morgan fingerprint density at radius 3 is 2.68 bits per heavy atom. The monoisotopic (exact) mass is 348 g/mol. The van der Waals surface area contributed by atoms with E-state index in [1.165, 1.54) is 12.8 Å². The number of nitrogens with zero attached hydrogens (tertiary/aromatic N) is 2. The van der Waals surface area contributed by atoms with Crippen molar-refractivity contribution >= 4 is 33.2 Å². The average Bonchev–Trinajstić information content (AvgIpc) is 3.08. The molecule has 3 aromatic rings. The van der Waals surface area contributed by atoms with E-state index in [1.54, 1.807) is 11.3 Å². The van der Waals surface area contributed by atoms with E-state index < -0.39 is 0 Å². The van der Waals surface area contributed by atoms with E-state index in [0.29, 0.717) is 5.57 Å². The number of para-hydroxylation sites is 1. The zero-order valence-corrected chi connectivity index (χ0v) is 15.1. The molecule has 3 rings (SSSR count). The molecular weight excluding hydrogens is 328 g/mol. The summed E-state index contributed by atoms with van der Waals surface area (Å²) in [6, 6.07) is 18.0. The lowest BCUT2D eigenvalue weighted by Gasteiger charge is -2.05. The zero-order chi connectivity index (χ0) is 17.5. The Labute approximate surface area is 152 Å². The molecule has 0 atom stereocenters. The molecule has 1 heterocycles. The highest BCUT2D eigenvalue weighted by atomic mass is 32.1. The molecule has 0 saturated heterocycles. The van der Waals surface area contributed by atoms with E-state index >= 15 is 0 Å². The fourth-order valence-electron chi connectivity index (χ4n) is 2.50. The summed E-state index contributed by atoms with van der Waals surface area (Å²) >= 11 is 1.54. The lowest BCUT2D eigenvalue weighted by atomic mass is 10.1. The van der Waals surface area contributed by atoms with Gasteiger partial charge in [0.1, 0.15) is 16.8 Å². The number of aromatic nitrogens is 1. The van der Waals surface area contributed by atoms with Crippen LogP contribution in [0, 0.1) is 11.3 Å². The lowest BCUT2D eigenvalue weighted by molar-refractivity contribution is 0.306. The summed E-state index contributed by atoms with van der Waals surface area (Å²) in [5, 5.41) is 10.3. The summed E-state index contributed by atoms with van der Waals surface area (Å²) in [5.74, 6) is 0.867. The molecule has 1 aromatic heterocycles. The van der Waals surface area contributed by atoms with E-state index in [4.69, 9.17) is 4.74 Å². The standard InChI is InChI=1S/C21H20N2OS/c1-2-3-6-13-24-18-11-9-16(10-12-18)14-17(15-22)21-23-19-7-4-5-8-20(19)25-21/h4-5,7-12,14H,2-3,6,13H2,1H3/b17-14+. The van der Waals surface area contributed by atoms with Gasteiger partial charge in [0.15, 0.2) is 0 Å². The molecule has 25 heavy (non-hydrogen) atoms. The second kappa shape index (κ2) is 8.46. The van der Waals surface area contributed by atoms with E-state index in [0.717, 1.165) is 39.6 Å². The smallest absolute Gasteiger partial charge is 0.135 e. The van der Waals surface area contributed by atoms with Crippen molar-refractivity contribution in [2.45, 2.75) is 26.2 Å². The fraction of sp³-hybridized carbons (Fsp3) is 0.238. The molecule has 0 saturated carbocycles. The van der Waals surface area contributed by atoms with Crippen molar-refractivity contribution < 1.29 is 4.74 Å². The SMILES string of the molecule is CCCCCOc1ccc(/C=C(\C#N)c2nc3ccccc3s2)cc1. The second-order valence-corrected chi connectivity index (χ2v) is 6.81. The Bertz CT molecular complexity index is 871. The number of unbranched alkanes of at least 4 members (excludes halogenated alkanes) is 2. The fourth-order valence-corrected chi connectivity index (χ4v) is 3.43. The maximum atomic E-state index is 9.51. The van der Waals surface area contributed by atoms with Gasteiger partial charge in [0, 0.05) is 0 Å². The van der Waals surface area contributed by atoms with Crippen LogP contribution in [0.15, 0.2) is 48.5 Å². The third-order valence-electron chi connectivity index (χ3n) is 3.85. The van der Waals surface area contributed by atoms with Gasteiger partial charge in [0.25, 0.3) is 0 Å². The zero-order valence-electron chi connectivity index (χ0n) is 14.2. The number of benzene rings is 2. The van der Waals surface area contributed by atoms with Crippen molar-refractivity contribution in [3.8, 4) is 11.8 Å². The van der Waals surface area contributed by atoms with E-state index in [2.05, 4.69) is 18.0 Å². The van der Waals surface area contributed by atoms with Crippen LogP contribution < -0.4 is 4.74 Å². The van der Waals surface area contributed by atoms with Gasteiger partial charge in [-0.05, 0) is 42.3 Å². The molecule has 0 N–H and O–H groups in total. The third kappa shape index (κ3) is 4.46. The van der Waals surface area contributed by atoms with Gasteiger partial charge in [-0.25, -0.2) is 4.98 Å². The molecule has 0 aliphatic rings. The van der Waals surface area contributed by atoms with Crippen molar-refractivity contribution in [1.29, 1.82) is 5.26 Å². The molecule has 0 radical (unpaired) electrons. The molecule has 2 aromatic carbocycles.